The number of nitrogens with zero attached hydrogens (tertiary/aromatic N) is 1. The van der Waals surface area contributed by atoms with Gasteiger partial charge in [-0.25, -0.2) is 14.4 Å². The van der Waals surface area contributed by atoms with Crippen molar-refractivity contribution < 1.29 is 33.5 Å². The predicted molar refractivity (Wildman–Crippen MR) is 119 cm³/mol. The summed E-state index contributed by atoms with van der Waals surface area (Å²) in [6.07, 6.45) is 0. The van der Waals surface area contributed by atoms with Crippen molar-refractivity contribution in [1.82, 2.24) is 10.6 Å². The summed E-state index contributed by atoms with van der Waals surface area (Å²) < 4.78 is 15.5. The minimum Gasteiger partial charge on any atom is -0.497 e. The number of nitro groups is 1. The van der Waals surface area contributed by atoms with Crippen molar-refractivity contribution in [3.63, 3.8) is 0 Å². The van der Waals surface area contributed by atoms with Crippen LogP contribution in [0.25, 0.3) is 0 Å². The number of hydrogen-bond acceptors (Lipinski definition) is 8. The van der Waals surface area contributed by atoms with Gasteiger partial charge in [0.1, 0.15) is 17.4 Å². The molecule has 34 heavy (non-hydrogen) atoms. The number of amides is 2. The molecule has 0 fully saturated rings. The Balaban J connectivity index is 1.92. The van der Waals surface area contributed by atoms with Crippen LogP contribution in [0, 0.1) is 10.1 Å². The van der Waals surface area contributed by atoms with E-state index in [0.29, 0.717) is 11.3 Å². The molecule has 12 heteroatoms. The maximum Gasteiger partial charge on any atom is 0.338 e. The second-order valence-corrected chi connectivity index (χ2v) is 7.32. The third-order valence-corrected chi connectivity index (χ3v) is 5.14. The van der Waals surface area contributed by atoms with Gasteiger partial charge >= 0.3 is 18.0 Å². The van der Waals surface area contributed by atoms with E-state index in [1.165, 1.54) is 19.2 Å². The number of nitrogens with one attached hydrogen (secondary N) is 2. The lowest BCUT2D eigenvalue weighted by Crippen LogP contribution is -2.47. The van der Waals surface area contributed by atoms with Gasteiger partial charge in [0.2, 0.25) is 0 Å². The average molecular weight is 490 g/mol. The second-order valence-electron chi connectivity index (χ2n) is 6.92. The Morgan fingerprint density at radius 2 is 1.82 bits per heavy atom. The van der Waals surface area contributed by atoms with Crippen molar-refractivity contribution in [1.29, 1.82) is 0 Å². The van der Waals surface area contributed by atoms with Crippen molar-refractivity contribution in [3.05, 3.63) is 80.0 Å². The molecular formula is C22H20ClN3O8. The molecule has 0 aromatic heterocycles. The van der Waals surface area contributed by atoms with Crippen LogP contribution in [-0.4, -0.2) is 43.2 Å². The number of methoxy groups -OCH3 is 1. The Morgan fingerprint density at radius 1 is 1.12 bits per heavy atom. The van der Waals surface area contributed by atoms with E-state index >= 15 is 0 Å². The van der Waals surface area contributed by atoms with Gasteiger partial charge in [-0.15, -0.1) is 0 Å². The zero-order valence-corrected chi connectivity index (χ0v) is 18.9. The number of carbonyl (C=O) groups is 3. The first-order chi connectivity index (χ1) is 16.2. The number of carbonyl (C=O) groups excluding carboxylic acids is 3. The van der Waals surface area contributed by atoms with Gasteiger partial charge in [0, 0.05) is 6.07 Å². The second kappa shape index (κ2) is 10.7. The smallest absolute Gasteiger partial charge is 0.338 e. The first-order valence-electron chi connectivity index (χ1n) is 9.97. The summed E-state index contributed by atoms with van der Waals surface area (Å²) in [6.45, 7) is 1.21. The van der Waals surface area contributed by atoms with Crippen molar-refractivity contribution in [2.45, 2.75) is 13.0 Å². The molecule has 0 bridgehead atoms. The van der Waals surface area contributed by atoms with Gasteiger partial charge in [-0.3, -0.25) is 10.1 Å². The fourth-order valence-electron chi connectivity index (χ4n) is 3.23. The Morgan fingerprint density at radius 3 is 2.44 bits per heavy atom. The summed E-state index contributed by atoms with van der Waals surface area (Å²) in [4.78, 5) is 47.9. The first-order valence-corrected chi connectivity index (χ1v) is 10.4. The Labute approximate surface area is 198 Å². The van der Waals surface area contributed by atoms with Gasteiger partial charge in [0.15, 0.2) is 0 Å². The van der Waals surface area contributed by atoms with Crippen molar-refractivity contribution in [2.24, 2.45) is 0 Å². The van der Waals surface area contributed by atoms with Crippen LogP contribution in [0.1, 0.15) is 28.9 Å². The normalized spacial score (nSPS) is 15.1. The van der Waals surface area contributed by atoms with E-state index in [-0.39, 0.29) is 28.5 Å². The average Bonchev–Trinajstić information content (AvgIpc) is 2.82. The molecule has 2 amide bonds. The molecule has 1 atom stereocenters. The lowest BCUT2D eigenvalue weighted by atomic mass is 9.95. The van der Waals surface area contributed by atoms with E-state index in [2.05, 4.69) is 10.6 Å². The number of esters is 2. The fraction of sp³-hybridized carbons (Fsp3) is 0.227. The maximum atomic E-state index is 12.8. The molecule has 178 valence electrons. The highest BCUT2D eigenvalue weighted by atomic mass is 35.5. The molecular weight excluding hydrogens is 470 g/mol. The van der Waals surface area contributed by atoms with Crippen molar-refractivity contribution >= 4 is 35.3 Å². The quantitative estimate of drug-likeness (QED) is 0.326. The standard InChI is InChI=1S/C22H20ClN3O8/c1-3-33-21(28)18-16(11-34-20(27)13-6-9-15(23)17(10-13)26(30)31)24-22(29)25-19(18)12-4-7-14(32-2)8-5-12/h4-10,19H,3,11H2,1-2H3,(H2,24,25,29). The van der Waals surface area contributed by atoms with Gasteiger partial charge in [0.05, 0.1) is 41.5 Å². The highest BCUT2D eigenvalue weighted by molar-refractivity contribution is 6.32. The Bertz CT molecular complexity index is 1160. The number of urea groups is 1. The van der Waals surface area contributed by atoms with E-state index in [1.54, 1.807) is 31.2 Å². The molecule has 0 saturated carbocycles. The van der Waals surface area contributed by atoms with E-state index in [0.717, 1.165) is 6.07 Å². The zero-order chi connectivity index (χ0) is 24.8. The van der Waals surface area contributed by atoms with Gasteiger partial charge in [-0.1, -0.05) is 23.7 Å². The van der Waals surface area contributed by atoms with E-state index in [1.807, 2.05) is 0 Å². The maximum absolute atomic E-state index is 12.8. The Kier molecular flexibility index (Phi) is 7.69. The van der Waals surface area contributed by atoms with Gasteiger partial charge in [-0.05, 0) is 36.8 Å². The van der Waals surface area contributed by atoms with Crippen molar-refractivity contribution in [3.8, 4) is 5.75 Å². The molecule has 0 aliphatic carbocycles. The molecule has 0 spiro atoms. The van der Waals surface area contributed by atoms with Crippen LogP contribution in [0.5, 0.6) is 5.75 Å². The molecule has 11 nitrogen and oxygen atoms in total. The van der Waals surface area contributed by atoms with Crippen LogP contribution >= 0.6 is 11.6 Å². The van der Waals surface area contributed by atoms with Crippen LogP contribution in [-0.2, 0) is 14.3 Å². The first kappa shape index (κ1) is 24.5. The van der Waals surface area contributed by atoms with Gasteiger partial charge in [-0.2, -0.15) is 0 Å². The lowest BCUT2D eigenvalue weighted by molar-refractivity contribution is -0.384. The monoisotopic (exact) mass is 489 g/mol. The topological polar surface area (TPSA) is 146 Å². The minimum absolute atomic E-state index is 0.0137. The third kappa shape index (κ3) is 5.44. The van der Waals surface area contributed by atoms with Crippen LogP contribution in [0.3, 0.4) is 0 Å². The molecule has 1 heterocycles. The van der Waals surface area contributed by atoms with E-state index in [4.69, 9.17) is 25.8 Å². The molecule has 0 radical (unpaired) electrons. The largest absolute Gasteiger partial charge is 0.497 e. The van der Waals surface area contributed by atoms with Crippen LogP contribution in [0.4, 0.5) is 10.5 Å². The molecule has 0 saturated heterocycles. The number of benzene rings is 2. The number of rotatable bonds is 8. The Hall–Kier alpha value is -4.12. The van der Waals surface area contributed by atoms with E-state index in [9.17, 15) is 24.5 Å². The third-order valence-electron chi connectivity index (χ3n) is 4.82. The molecule has 2 aromatic carbocycles. The summed E-state index contributed by atoms with van der Waals surface area (Å²) in [6, 6.07) is 8.61. The van der Waals surface area contributed by atoms with Crippen molar-refractivity contribution in [2.75, 3.05) is 20.3 Å². The number of nitro benzene ring substituents is 1. The SMILES string of the molecule is CCOC(=O)C1=C(COC(=O)c2ccc(Cl)c([N+](=O)[O-])c2)NC(=O)NC1c1ccc(OC)cc1. The molecule has 1 unspecified atom stereocenters. The summed E-state index contributed by atoms with van der Waals surface area (Å²) in [5.74, 6) is -1.05. The summed E-state index contributed by atoms with van der Waals surface area (Å²) >= 11 is 5.77. The van der Waals surface area contributed by atoms with Crippen LogP contribution < -0.4 is 15.4 Å². The highest BCUT2D eigenvalue weighted by Crippen LogP contribution is 2.30. The summed E-state index contributed by atoms with van der Waals surface area (Å²) in [7, 11) is 1.51. The van der Waals surface area contributed by atoms with Crippen LogP contribution in [0.2, 0.25) is 5.02 Å². The van der Waals surface area contributed by atoms with Gasteiger partial charge in [0.25, 0.3) is 5.69 Å². The molecule has 1 aliphatic rings. The summed E-state index contributed by atoms with van der Waals surface area (Å²) in [5, 5.41) is 16.1. The number of halogens is 1. The summed E-state index contributed by atoms with van der Waals surface area (Å²) in [5.41, 5.74) is 0.0378. The van der Waals surface area contributed by atoms with Gasteiger partial charge < -0.3 is 24.8 Å². The van der Waals surface area contributed by atoms with Crippen LogP contribution in [0.15, 0.2) is 53.7 Å². The highest BCUT2D eigenvalue weighted by Gasteiger charge is 2.34. The predicted octanol–water partition coefficient (Wildman–Crippen LogP) is 3.28. The number of hydrogen-bond donors (Lipinski definition) is 2. The molecule has 2 aromatic rings. The molecule has 3 rings (SSSR count). The molecule has 2 N–H and O–H groups in total. The fourth-order valence-corrected chi connectivity index (χ4v) is 3.42. The number of ether oxygens (including phenoxy) is 3. The lowest BCUT2D eigenvalue weighted by Gasteiger charge is -2.29. The minimum atomic E-state index is -0.913. The molecule has 1 aliphatic heterocycles. The zero-order valence-electron chi connectivity index (χ0n) is 18.1. The van der Waals surface area contributed by atoms with E-state index < -0.39 is 41.2 Å².